The van der Waals surface area contributed by atoms with Crippen molar-refractivity contribution in [3.63, 3.8) is 0 Å². The van der Waals surface area contributed by atoms with Crippen LogP contribution in [0.5, 0.6) is 0 Å². The molecule has 0 bridgehead atoms. The van der Waals surface area contributed by atoms with Crippen LogP contribution < -0.4 is 10.3 Å². The van der Waals surface area contributed by atoms with Gasteiger partial charge in [0.1, 0.15) is 0 Å². The lowest BCUT2D eigenvalue weighted by molar-refractivity contribution is -0.631. The summed E-state index contributed by atoms with van der Waals surface area (Å²) in [6.07, 6.45) is 3.39. The Balaban J connectivity index is 1.33. The van der Waals surface area contributed by atoms with Crippen LogP contribution in [0.1, 0.15) is 31.2 Å². The Hall–Kier alpha value is -2.77. The van der Waals surface area contributed by atoms with Gasteiger partial charge in [-0.05, 0) is 67.0 Å². The van der Waals surface area contributed by atoms with E-state index in [0.717, 1.165) is 36.9 Å². The van der Waals surface area contributed by atoms with Gasteiger partial charge in [-0.15, -0.1) is 5.10 Å². The summed E-state index contributed by atoms with van der Waals surface area (Å²) in [7, 11) is 0. The first kappa shape index (κ1) is 21.1. The van der Waals surface area contributed by atoms with Gasteiger partial charge >= 0.3 is 6.03 Å². The molecule has 2 aliphatic heterocycles. The number of hydrazone groups is 1. The third-order valence-corrected chi connectivity index (χ3v) is 6.96. The van der Waals surface area contributed by atoms with Gasteiger partial charge in [-0.3, -0.25) is 4.79 Å². The second-order valence-corrected chi connectivity index (χ2v) is 9.36. The van der Waals surface area contributed by atoms with Crippen molar-refractivity contribution in [3.8, 4) is 11.1 Å². The molecular weight excluding hydrogens is 431 g/mol. The molecule has 32 heavy (non-hydrogen) atoms. The highest BCUT2D eigenvalue weighted by atomic mass is 35.5. The van der Waals surface area contributed by atoms with Crippen molar-refractivity contribution < 1.29 is 18.9 Å². The quantitative estimate of drug-likeness (QED) is 0.722. The summed E-state index contributed by atoms with van der Waals surface area (Å²) in [4.78, 5) is 27.0. The first-order chi connectivity index (χ1) is 15.4. The average molecular weight is 456 g/mol. The van der Waals surface area contributed by atoms with E-state index < -0.39 is 11.8 Å². The number of rotatable bonds is 5. The Morgan fingerprint density at radius 3 is 2.69 bits per heavy atom. The van der Waals surface area contributed by atoms with Gasteiger partial charge in [0, 0.05) is 36.5 Å². The molecule has 0 aromatic heterocycles. The molecule has 2 unspecified atom stereocenters. The summed E-state index contributed by atoms with van der Waals surface area (Å²) in [6, 6.07) is 10.1. The molecule has 5 rings (SSSR count). The SMILES string of the molecule is Cc1ccc(-c2ccc([NH+]3C(=O)NN=C3CC3CCN(C(=O)C4CC4)C3)c(F)c2)cc1Cl. The van der Waals surface area contributed by atoms with Crippen LogP contribution in [0.15, 0.2) is 41.5 Å². The third kappa shape index (κ3) is 4.02. The average Bonchev–Trinajstić information content (AvgIpc) is 3.43. The number of amides is 3. The Bertz CT molecular complexity index is 1130. The van der Waals surface area contributed by atoms with Crippen molar-refractivity contribution in [1.82, 2.24) is 10.3 Å². The van der Waals surface area contributed by atoms with Gasteiger partial charge in [0.15, 0.2) is 11.5 Å². The van der Waals surface area contributed by atoms with Crippen molar-refractivity contribution in [3.05, 3.63) is 52.8 Å². The number of quaternary nitrogens is 1. The molecule has 2 heterocycles. The van der Waals surface area contributed by atoms with Crippen molar-refractivity contribution in [1.29, 1.82) is 0 Å². The Kier molecular flexibility index (Phi) is 5.47. The van der Waals surface area contributed by atoms with E-state index in [0.29, 0.717) is 29.4 Å². The maximum atomic E-state index is 15.1. The van der Waals surface area contributed by atoms with E-state index in [1.807, 2.05) is 30.0 Å². The summed E-state index contributed by atoms with van der Waals surface area (Å²) in [5, 5.41) is 4.81. The highest BCUT2D eigenvalue weighted by Crippen LogP contribution is 2.33. The minimum atomic E-state index is -0.476. The number of aryl methyl sites for hydroxylation is 1. The Morgan fingerprint density at radius 2 is 1.97 bits per heavy atom. The van der Waals surface area contributed by atoms with Gasteiger partial charge < -0.3 is 4.90 Å². The van der Waals surface area contributed by atoms with E-state index in [-0.39, 0.29) is 28.3 Å². The third-order valence-electron chi connectivity index (χ3n) is 6.56. The van der Waals surface area contributed by atoms with Crippen LogP contribution in [0.2, 0.25) is 5.02 Å². The number of halogens is 2. The molecule has 3 amide bonds. The van der Waals surface area contributed by atoms with Crippen LogP contribution in [0, 0.1) is 24.6 Å². The zero-order chi connectivity index (χ0) is 22.4. The molecule has 8 heteroatoms. The van der Waals surface area contributed by atoms with Gasteiger partial charge in [0.2, 0.25) is 11.7 Å². The summed E-state index contributed by atoms with van der Waals surface area (Å²) in [6.45, 7) is 3.33. The van der Waals surface area contributed by atoms with Gasteiger partial charge in [-0.2, -0.15) is 10.3 Å². The first-order valence-corrected chi connectivity index (χ1v) is 11.4. The molecule has 1 saturated carbocycles. The molecule has 0 radical (unpaired) electrons. The summed E-state index contributed by atoms with van der Waals surface area (Å²) >= 11 is 6.22. The van der Waals surface area contributed by atoms with Crippen molar-refractivity contribution in [2.45, 2.75) is 32.6 Å². The molecule has 1 aliphatic carbocycles. The first-order valence-electron chi connectivity index (χ1n) is 11.0. The van der Waals surface area contributed by atoms with E-state index in [1.54, 1.807) is 12.1 Å². The fourth-order valence-corrected chi connectivity index (χ4v) is 4.70. The number of urea groups is 1. The van der Waals surface area contributed by atoms with E-state index in [2.05, 4.69) is 10.5 Å². The lowest BCUT2D eigenvalue weighted by Crippen LogP contribution is -3.12. The number of carbonyl (C=O) groups excluding carboxylic acids is 2. The van der Waals surface area contributed by atoms with E-state index >= 15 is 4.39 Å². The highest BCUT2D eigenvalue weighted by Gasteiger charge is 2.41. The monoisotopic (exact) mass is 455 g/mol. The maximum Gasteiger partial charge on any atom is 0.446 e. The number of nitrogens with zero attached hydrogens (tertiary/aromatic N) is 2. The summed E-state index contributed by atoms with van der Waals surface area (Å²) < 4.78 is 15.1. The molecule has 2 fully saturated rings. The van der Waals surface area contributed by atoms with Crippen LogP contribution in [-0.2, 0) is 4.79 Å². The normalized spacial score (nSPS) is 22.8. The molecule has 2 aromatic carbocycles. The molecule has 0 spiro atoms. The standard InChI is InChI=1S/C24H24ClFN4O2/c1-14-2-3-17(11-19(14)25)18-6-7-21(20(26)12-18)30-22(27-28-24(30)32)10-15-8-9-29(13-15)23(31)16-4-5-16/h2-3,6-7,11-12,15-16H,4-5,8-10,13H2,1H3,(H,28,32)/p+1. The molecule has 166 valence electrons. The van der Waals surface area contributed by atoms with Crippen molar-refractivity contribution in [2.24, 2.45) is 16.9 Å². The van der Waals surface area contributed by atoms with E-state index in [1.165, 1.54) is 6.07 Å². The topological polar surface area (TPSA) is 66.2 Å². The van der Waals surface area contributed by atoms with Crippen LogP contribution in [0.3, 0.4) is 0 Å². The van der Waals surface area contributed by atoms with Crippen LogP contribution >= 0.6 is 11.6 Å². The van der Waals surface area contributed by atoms with Crippen LogP contribution in [-0.4, -0.2) is 35.8 Å². The molecule has 2 aromatic rings. The fraction of sp³-hybridized carbons (Fsp3) is 0.375. The number of nitrogens with one attached hydrogen (secondary N) is 2. The molecular formula is C24H25ClFN4O2+. The predicted molar refractivity (Wildman–Crippen MR) is 120 cm³/mol. The molecule has 2 atom stereocenters. The smallest absolute Gasteiger partial charge is 0.342 e. The minimum absolute atomic E-state index is 0.207. The lowest BCUT2D eigenvalue weighted by atomic mass is 10.0. The summed E-state index contributed by atoms with van der Waals surface area (Å²) in [5.74, 6) is 0.758. The Morgan fingerprint density at radius 1 is 1.22 bits per heavy atom. The maximum absolute atomic E-state index is 15.1. The number of hydrogen-bond acceptors (Lipinski definition) is 3. The zero-order valence-corrected chi connectivity index (χ0v) is 18.6. The second-order valence-electron chi connectivity index (χ2n) is 8.95. The zero-order valence-electron chi connectivity index (χ0n) is 17.8. The fourth-order valence-electron chi connectivity index (χ4n) is 4.52. The van der Waals surface area contributed by atoms with E-state index in [9.17, 15) is 9.59 Å². The molecule has 3 aliphatic rings. The molecule has 2 N–H and O–H groups in total. The van der Waals surface area contributed by atoms with E-state index in [4.69, 9.17) is 11.6 Å². The van der Waals surface area contributed by atoms with Gasteiger partial charge in [0.05, 0.1) is 0 Å². The number of benzene rings is 2. The van der Waals surface area contributed by atoms with Crippen molar-refractivity contribution in [2.75, 3.05) is 13.1 Å². The summed E-state index contributed by atoms with van der Waals surface area (Å²) in [5.41, 5.74) is 5.19. The number of hydrogen-bond donors (Lipinski definition) is 2. The molecule has 1 saturated heterocycles. The predicted octanol–water partition coefficient (Wildman–Crippen LogP) is 3.66. The lowest BCUT2D eigenvalue weighted by Gasteiger charge is -2.17. The van der Waals surface area contributed by atoms with Crippen LogP contribution in [0.4, 0.5) is 14.9 Å². The Labute approximate surface area is 191 Å². The van der Waals surface area contributed by atoms with Gasteiger partial charge in [-0.25, -0.2) is 9.18 Å². The highest BCUT2D eigenvalue weighted by molar-refractivity contribution is 6.31. The van der Waals surface area contributed by atoms with Gasteiger partial charge in [-0.1, -0.05) is 23.7 Å². The van der Waals surface area contributed by atoms with Crippen molar-refractivity contribution >= 4 is 35.1 Å². The largest absolute Gasteiger partial charge is 0.446 e. The minimum Gasteiger partial charge on any atom is -0.342 e. The number of amidine groups is 1. The van der Waals surface area contributed by atoms with Gasteiger partial charge in [0.25, 0.3) is 0 Å². The number of carbonyl (C=O) groups is 2. The van der Waals surface area contributed by atoms with Crippen LogP contribution in [0.25, 0.3) is 11.1 Å². The second kappa shape index (κ2) is 8.30. The molecule has 6 nitrogen and oxygen atoms in total. The number of likely N-dealkylation sites (tertiary alicyclic amines) is 1.